The lowest BCUT2D eigenvalue weighted by Crippen LogP contribution is -2.15. The monoisotopic (exact) mass is 349 g/mol. The smallest absolute Gasteiger partial charge is 0.339 e. The van der Waals surface area contributed by atoms with Crippen LogP contribution in [0.15, 0.2) is 34.8 Å². The number of halogens is 1. The highest BCUT2D eigenvalue weighted by molar-refractivity contribution is 9.10. The average molecular weight is 350 g/mol. The fourth-order valence-corrected chi connectivity index (χ4v) is 2.50. The fraction of sp³-hybridized carbons (Fsp3) is 0.250. The van der Waals surface area contributed by atoms with Crippen LogP contribution in [0.1, 0.15) is 32.1 Å². The van der Waals surface area contributed by atoms with E-state index in [0.717, 1.165) is 11.4 Å². The molecule has 0 fully saturated rings. The highest BCUT2D eigenvalue weighted by Crippen LogP contribution is 2.18. The number of Topliss-reactive ketones (excluding diaryl/α,β-unsaturated/α-hetero) is 1. The molecule has 0 radical (unpaired) electrons. The van der Waals surface area contributed by atoms with E-state index < -0.39 is 5.97 Å². The Kier molecular flexibility index (Phi) is 4.63. The second-order valence-electron chi connectivity index (χ2n) is 4.82. The van der Waals surface area contributed by atoms with E-state index in [1.165, 1.54) is 0 Å². The zero-order chi connectivity index (χ0) is 15.6. The maximum Gasteiger partial charge on any atom is 0.339 e. The Labute approximate surface area is 131 Å². The van der Waals surface area contributed by atoms with Gasteiger partial charge in [0.05, 0.1) is 5.56 Å². The number of ketones is 1. The van der Waals surface area contributed by atoms with Crippen molar-refractivity contribution < 1.29 is 14.3 Å². The molecule has 0 aliphatic rings. The van der Waals surface area contributed by atoms with Gasteiger partial charge in [-0.25, -0.2) is 4.79 Å². The predicted molar refractivity (Wildman–Crippen MR) is 83.6 cm³/mol. The number of hydrogen-bond donors (Lipinski definition) is 0. The predicted octanol–water partition coefficient (Wildman–Crippen LogP) is 3.44. The van der Waals surface area contributed by atoms with Crippen molar-refractivity contribution in [3.05, 3.63) is 57.3 Å². The van der Waals surface area contributed by atoms with Gasteiger partial charge in [-0.3, -0.25) is 4.79 Å². The Hall–Kier alpha value is -1.88. The third kappa shape index (κ3) is 3.24. The van der Waals surface area contributed by atoms with Crippen molar-refractivity contribution >= 4 is 27.7 Å². The SMILES string of the molecule is Cc1cc(C(=O)COC(=O)c2ccccc2Br)c(C)n1C. The van der Waals surface area contributed by atoms with Crippen molar-refractivity contribution in [2.75, 3.05) is 6.61 Å². The fourth-order valence-electron chi connectivity index (χ4n) is 2.05. The van der Waals surface area contributed by atoms with Crippen LogP contribution in [0.3, 0.4) is 0 Å². The molecule has 0 atom stereocenters. The molecule has 1 aromatic heterocycles. The Bertz CT molecular complexity index is 704. The van der Waals surface area contributed by atoms with Crippen LogP contribution in [0.4, 0.5) is 0 Å². The first kappa shape index (κ1) is 15.5. The van der Waals surface area contributed by atoms with Crippen LogP contribution in [0.25, 0.3) is 0 Å². The van der Waals surface area contributed by atoms with Crippen LogP contribution in [0.5, 0.6) is 0 Å². The quantitative estimate of drug-likeness (QED) is 0.627. The summed E-state index contributed by atoms with van der Waals surface area (Å²) in [6, 6.07) is 8.76. The van der Waals surface area contributed by atoms with Crippen LogP contribution in [-0.2, 0) is 11.8 Å². The molecule has 0 saturated carbocycles. The molecule has 2 rings (SSSR count). The molecule has 0 unspecified atom stereocenters. The number of aromatic nitrogens is 1. The summed E-state index contributed by atoms with van der Waals surface area (Å²) in [5.74, 6) is -0.710. The van der Waals surface area contributed by atoms with Gasteiger partial charge in [-0.1, -0.05) is 12.1 Å². The topological polar surface area (TPSA) is 48.3 Å². The lowest BCUT2D eigenvalue weighted by atomic mass is 10.1. The molecule has 110 valence electrons. The summed E-state index contributed by atoms with van der Waals surface area (Å²) in [5, 5.41) is 0. The largest absolute Gasteiger partial charge is 0.454 e. The first-order valence-corrected chi connectivity index (χ1v) is 7.29. The van der Waals surface area contributed by atoms with Crippen molar-refractivity contribution in [3.8, 4) is 0 Å². The van der Waals surface area contributed by atoms with Crippen LogP contribution in [-0.4, -0.2) is 22.9 Å². The van der Waals surface area contributed by atoms with Gasteiger partial charge >= 0.3 is 5.97 Å². The van der Waals surface area contributed by atoms with Gasteiger partial charge in [0.1, 0.15) is 0 Å². The summed E-state index contributed by atoms with van der Waals surface area (Å²) < 4.78 is 7.68. The van der Waals surface area contributed by atoms with E-state index in [2.05, 4.69) is 15.9 Å². The van der Waals surface area contributed by atoms with Gasteiger partial charge in [-0.05, 0) is 48.0 Å². The van der Waals surface area contributed by atoms with Crippen molar-refractivity contribution in [2.45, 2.75) is 13.8 Å². The molecule has 0 N–H and O–H groups in total. The third-order valence-corrected chi connectivity index (χ3v) is 4.20. The summed E-state index contributed by atoms with van der Waals surface area (Å²) in [6.45, 7) is 3.54. The zero-order valence-corrected chi connectivity index (χ0v) is 13.7. The van der Waals surface area contributed by atoms with Gasteiger partial charge in [-0.15, -0.1) is 0 Å². The number of benzene rings is 1. The minimum absolute atomic E-state index is 0.198. The number of carbonyl (C=O) groups excluding carboxylic acids is 2. The van der Waals surface area contributed by atoms with Gasteiger partial charge in [0, 0.05) is 28.5 Å². The van der Waals surface area contributed by atoms with Crippen molar-refractivity contribution in [2.24, 2.45) is 7.05 Å². The number of rotatable bonds is 4. The number of nitrogens with zero attached hydrogens (tertiary/aromatic N) is 1. The van der Waals surface area contributed by atoms with Crippen LogP contribution >= 0.6 is 15.9 Å². The van der Waals surface area contributed by atoms with Gasteiger partial charge < -0.3 is 9.30 Å². The third-order valence-electron chi connectivity index (χ3n) is 3.50. The Balaban J connectivity index is 2.06. The zero-order valence-electron chi connectivity index (χ0n) is 12.1. The number of hydrogen-bond acceptors (Lipinski definition) is 3. The average Bonchev–Trinajstić information content (AvgIpc) is 2.72. The van der Waals surface area contributed by atoms with Gasteiger partial charge in [0.15, 0.2) is 6.61 Å². The van der Waals surface area contributed by atoms with Gasteiger partial charge in [0.25, 0.3) is 0 Å². The second kappa shape index (κ2) is 6.26. The Morgan fingerprint density at radius 1 is 1.19 bits per heavy atom. The normalized spacial score (nSPS) is 10.5. The van der Waals surface area contributed by atoms with E-state index >= 15 is 0 Å². The summed E-state index contributed by atoms with van der Waals surface area (Å²) in [6.07, 6.45) is 0. The van der Waals surface area contributed by atoms with E-state index in [1.807, 2.05) is 37.6 Å². The molecule has 0 bridgehead atoms. The molecule has 1 heterocycles. The number of carbonyl (C=O) groups is 2. The van der Waals surface area contributed by atoms with Crippen molar-refractivity contribution in [1.29, 1.82) is 0 Å². The molecule has 4 nitrogen and oxygen atoms in total. The van der Waals surface area contributed by atoms with Crippen LogP contribution in [0, 0.1) is 13.8 Å². The summed E-state index contributed by atoms with van der Waals surface area (Å²) in [7, 11) is 1.90. The molecular weight excluding hydrogens is 334 g/mol. The number of ether oxygens (including phenoxy) is 1. The van der Waals surface area contributed by atoms with Gasteiger partial charge in [-0.2, -0.15) is 0 Å². The highest BCUT2D eigenvalue weighted by atomic mass is 79.9. The molecule has 0 spiro atoms. The summed E-state index contributed by atoms with van der Waals surface area (Å²) >= 11 is 3.28. The van der Waals surface area contributed by atoms with E-state index in [9.17, 15) is 9.59 Å². The van der Waals surface area contributed by atoms with E-state index in [0.29, 0.717) is 15.6 Å². The van der Waals surface area contributed by atoms with Gasteiger partial charge in [0.2, 0.25) is 5.78 Å². The van der Waals surface area contributed by atoms with Crippen LogP contribution < -0.4 is 0 Å². The molecule has 21 heavy (non-hydrogen) atoms. The molecule has 0 amide bonds. The van der Waals surface area contributed by atoms with Crippen molar-refractivity contribution in [3.63, 3.8) is 0 Å². The first-order valence-electron chi connectivity index (χ1n) is 6.49. The van der Waals surface area contributed by atoms with Crippen molar-refractivity contribution in [1.82, 2.24) is 4.57 Å². The number of aryl methyl sites for hydroxylation is 1. The second-order valence-corrected chi connectivity index (χ2v) is 5.68. The maximum absolute atomic E-state index is 12.1. The maximum atomic E-state index is 12.1. The first-order chi connectivity index (χ1) is 9.91. The molecule has 0 saturated heterocycles. The van der Waals surface area contributed by atoms with Crippen LogP contribution in [0.2, 0.25) is 0 Å². The molecule has 2 aromatic rings. The standard InChI is InChI=1S/C16H16BrNO3/c1-10-8-13(11(2)18(10)3)15(19)9-21-16(20)12-6-4-5-7-14(12)17/h4-8H,9H2,1-3H3. The summed E-state index contributed by atoms with van der Waals surface area (Å²) in [4.78, 5) is 24.1. The Morgan fingerprint density at radius 2 is 1.86 bits per heavy atom. The lowest BCUT2D eigenvalue weighted by molar-refractivity contribution is 0.0473. The Morgan fingerprint density at radius 3 is 2.43 bits per heavy atom. The lowest BCUT2D eigenvalue weighted by Gasteiger charge is -2.06. The highest BCUT2D eigenvalue weighted by Gasteiger charge is 2.17. The molecule has 1 aromatic carbocycles. The minimum Gasteiger partial charge on any atom is -0.454 e. The van der Waals surface area contributed by atoms with E-state index in [1.54, 1.807) is 18.2 Å². The number of esters is 1. The molecule has 0 aliphatic heterocycles. The molecule has 5 heteroatoms. The van der Waals surface area contributed by atoms with E-state index in [-0.39, 0.29) is 12.4 Å². The minimum atomic E-state index is -0.513. The summed E-state index contributed by atoms with van der Waals surface area (Å²) in [5.41, 5.74) is 2.86. The van der Waals surface area contributed by atoms with E-state index in [4.69, 9.17) is 4.74 Å². The molecular formula is C16H16BrNO3. The molecule has 0 aliphatic carbocycles.